The van der Waals surface area contributed by atoms with Crippen molar-refractivity contribution in [1.29, 1.82) is 0 Å². The van der Waals surface area contributed by atoms with Crippen molar-refractivity contribution in [3.05, 3.63) is 35.5 Å². The van der Waals surface area contributed by atoms with Crippen molar-refractivity contribution in [2.45, 2.75) is 13.3 Å². The molecule has 0 bridgehead atoms. The van der Waals surface area contributed by atoms with E-state index in [4.69, 9.17) is 5.73 Å². The Morgan fingerprint density at radius 2 is 2.14 bits per heavy atom. The van der Waals surface area contributed by atoms with Crippen molar-refractivity contribution in [2.24, 2.45) is 12.8 Å². The van der Waals surface area contributed by atoms with Crippen LogP contribution in [0, 0.1) is 6.92 Å². The van der Waals surface area contributed by atoms with Gasteiger partial charge in [-0.3, -0.25) is 0 Å². The summed E-state index contributed by atoms with van der Waals surface area (Å²) in [5.41, 5.74) is 9.54. The van der Waals surface area contributed by atoms with Crippen molar-refractivity contribution in [3.63, 3.8) is 0 Å². The molecule has 1 aromatic heterocycles. The highest BCUT2D eigenvalue weighted by atomic mass is 14.9. The molecule has 1 heterocycles. The monoisotopic (exact) mass is 188 g/mol. The van der Waals surface area contributed by atoms with Gasteiger partial charge in [0.15, 0.2) is 0 Å². The summed E-state index contributed by atoms with van der Waals surface area (Å²) in [5, 5.41) is 1.35. The van der Waals surface area contributed by atoms with Crippen molar-refractivity contribution in [2.75, 3.05) is 6.54 Å². The first-order valence-electron chi connectivity index (χ1n) is 4.97. The van der Waals surface area contributed by atoms with Gasteiger partial charge >= 0.3 is 0 Å². The Morgan fingerprint density at radius 1 is 1.36 bits per heavy atom. The number of hydrogen-bond acceptors (Lipinski definition) is 1. The number of nitrogens with zero attached hydrogens (tertiary/aromatic N) is 1. The molecule has 0 radical (unpaired) electrons. The maximum Gasteiger partial charge on any atom is 0.0480 e. The van der Waals surface area contributed by atoms with Gasteiger partial charge in [-0.1, -0.05) is 11.6 Å². The van der Waals surface area contributed by atoms with Gasteiger partial charge in [-0.25, -0.2) is 0 Å². The molecule has 0 fully saturated rings. The summed E-state index contributed by atoms with van der Waals surface area (Å²) in [7, 11) is 2.08. The Bertz CT molecular complexity index is 455. The predicted octanol–water partition coefficient (Wildman–Crippen LogP) is 1.99. The second kappa shape index (κ2) is 3.46. The van der Waals surface area contributed by atoms with Crippen LogP contribution in [-0.4, -0.2) is 11.1 Å². The van der Waals surface area contributed by atoms with Crippen LogP contribution in [0.1, 0.15) is 11.1 Å². The van der Waals surface area contributed by atoms with Crippen molar-refractivity contribution in [3.8, 4) is 0 Å². The number of aromatic nitrogens is 1. The van der Waals surface area contributed by atoms with Gasteiger partial charge in [0, 0.05) is 24.1 Å². The van der Waals surface area contributed by atoms with E-state index >= 15 is 0 Å². The molecule has 0 saturated heterocycles. The summed E-state index contributed by atoms with van der Waals surface area (Å²) in [6.45, 7) is 2.84. The molecule has 14 heavy (non-hydrogen) atoms. The third-order valence-corrected chi connectivity index (χ3v) is 2.64. The lowest BCUT2D eigenvalue weighted by Gasteiger charge is -1.98. The third-order valence-electron chi connectivity index (χ3n) is 2.64. The Hall–Kier alpha value is -1.28. The Kier molecular flexibility index (Phi) is 2.30. The van der Waals surface area contributed by atoms with Gasteiger partial charge in [-0.2, -0.15) is 0 Å². The van der Waals surface area contributed by atoms with Gasteiger partial charge < -0.3 is 10.3 Å². The highest BCUT2D eigenvalue weighted by Gasteiger charge is 2.05. The Labute approximate surface area is 84.3 Å². The predicted molar refractivity (Wildman–Crippen MR) is 60.4 cm³/mol. The fraction of sp³-hybridized carbons (Fsp3) is 0.333. The second-order valence-corrected chi connectivity index (χ2v) is 3.82. The lowest BCUT2D eigenvalue weighted by Crippen LogP contribution is -2.01. The van der Waals surface area contributed by atoms with Crippen LogP contribution in [0.3, 0.4) is 0 Å². The topological polar surface area (TPSA) is 30.9 Å². The molecule has 0 atom stereocenters. The largest absolute Gasteiger partial charge is 0.350 e. The first kappa shape index (κ1) is 9.28. The standard InChI is InChI=1S/C12H16N2/c1-9-3-4-12-11(7-9)10(5-6-13)8-14(12)2/h3-4,7-8H,5-6,13H2,1-2H3. The molecule has 0 aliphatic carbocycles. The summed E-state index contributed by atoms with van der Waals surface area (Å²) in [4.78, 5) is 0. The summed E-state index contributed by atoms with van der Waals surface area (Å²) < 4.78 is 2.17. The third kappa shape index (κ3) is 1.42. The van der Waals surface area contributed by atoms with Crippen molar-refractivity contribution < 1.29 is 0 Å². The molecule has 0 spiro atoms. The SMILES string of the molecule is Cc1ccc2c(c1)c(CCN)cn2C. The highest BCUT2D eigenvalue weighted by molar-refractivity contribution is 5.84. The van der Waals surface area contributed by atoms with E-state index in [2.05, 4.69) is 42.9 Å². The van der Waals surface area contributed by atoms with Crippen LogP contribution in [-0.2, 0) is 13.5 Å². The maximum absolute atomic E-state index is 5.59. The van der Waals surface area contributed by atoms with E-state index in [-0.39, 0.29) is 0 Å². The molecular weight excluding hydrogens is 172 g/mol. The fourth-order valence-electron chi connectivity index (χ4n) is 1.94. The number of rotatable bonds is 2. The van der Waals surface area contributed by atoms with Crippen LogP contribution < -0.4 is 5.73 Å². The normalized spacial score (nSPS) is 11.1. The molecule has 0 unspecified atom stereocenters. The molecule has 0 aliphatic rings. The van der Waals surface area contributed by atoms with Crippen LogP contribution in [0.15, 0.2) is 24.4 Å². The molecular formula is C12H16N2. The van der Waals surface area contributed by atoms with E-state index in [0.717, 1.165) is 6.42 Å². The van der Waals surface area contributed by atoms with Crippen LogP contribution in [0.4, 0.5) is 0 Å². The van der Waals surface area contributed by atoms with Gasteiger partial charge in [0.05, 0.1) is 0 Å². The highest BCUT2D eigenvalue weighted by Crippen LogP contribution is 2.21. The first-order valence-corrected chi connectivity index (χ1v) is 4.97. The van der Waals surface area contributed by atoms with Gasteiger partial charge in [0.1, 0.15) is 0 Å². The summed E-state index contributed by atoms with van der Waals surface area (Å²) in [6.07, 6.45) is 3.14. The minimum absolute atomic E-state index is 0.715. The maximum atomic E-state index is 5.59. The van der Waals surface area contributed by atoms with Crippen molar-refractivity contribution >= 4 is 10.9 Å². The molecule has 2 N–H and O–H groups in total. The molecule has 2 aromatic rings. The van der Waals surface area contributed by atoms with E-state index < -0.39 is 0 Å². The number of hydrogen-bond donors (Lipinski definition) is 1. The van der Waals surface area contributed by atoms with Gasteiger partial charge in [-0.05, 0) is 37.6 Å². The molecule has 0 saturated carbocycles. The number of aryl methyl sites for hydroxylation is 2. The van der Waals surface area contributed by atoms with Gasteiger partial charge in [-0.15, -0.1) is 0 Å². The van der Waals surface area contributed by atoms with E-state index in [1.54, 1.807) is 0 Å². The lowest BCUT2D eigenvalue weighted by molar-refractivity contribution is 0.929. The zero-order valence-electron chi connectivity index (χ0n) is 8.75. The Morgan fingerprint density at radius 3 is 2.86 bits per heavy atom. The van der Waals surface area contributed by atoms with E-state index in [1.807, 2.05) is 0 Å². The molecule has 2 nitrogen and oxygen atoms in total. The molecule has 1 aromatic carbocycles. The number of benzene rings is 1. The van der Waals surface area contributed by atoms with Crippen LogP contribution in [0.25, 0.3) is 10.9 Å². The quantitative estimate of drug-likeness (QED) is 0.767. The van der Waals surface area contributed by atoms with Gasteiger partial charge in [0.25, 0.3) is 0 Å². The minimum Gasteiger partial charge on any atom is -0.350 e. The lowest BCUT2D eigenvalue weighted by atomic mass is 10.1. The van der Waals surface area contributed by atoms with Gasteiger partial charge in [0.2, 0.25) is 0 Å². The smallest absolute Gasteiger partial charge is 0.0480 e. The zero-order valence-corrected chi connectivity index (χ0v) is 8.75. The fourth-order valence-corrected chi connectivity index (χ4v) is 1.94. The average molecular weight is 188 g/mol. The molecule has 2 rings (SSSR count). The first-order chi connectivity index (χ1) is 6.72. The summed E-state index contributed by atoms with van der Waals surface area (Å²) >= 11 is 0. The van der Waals surface area contributed by atoms with Crippen LogP contribution in [0.5, 0.6) is 0 Å². The molecule has 74 valence electrons. The molecule has 0 aliphatic heterocycles. The molecule has 0 amide bonds. The Balaban J connectivity index is 2.66. The summed E-state index contributed by atoms with van der Waals surface area (Å²) in [5.74, 6) is 0. The molecule has 2 heteroatoms. The van der Waals surface area contributed by atoms with E-state index in [9.17, 15) is 0 Å². The number of fused-ring (bicyclic) bond motifs is 1. The van der Waals surface area contributed by atoms with Crippen LogP contribution >= 0.6 is 0 Å². The zero-order chi connectivity index (χ0) is 10.1. The van der Waals surface area contributed by atoms with E-state index in [0.29, 0.717) is 6.54 Å². The number of nitrogens with two attached hydrogens (primary N) is 1. The van der Waals surface area contributed by atoms with E-state index in [1.165, 1.54) is 22.0 Å². The second-order valence-electron chi connectivity index (χ2n) is 3.82. The average Bonchev–Trinajstić information content (AvgIpc) is 2.44. The summed E-state index contributed by atoms with van der Waals surface area (Å²) in [6, 6.07) is 6.56. The van der Waals surface area contributed by atoms with Crippen molar-refractivity contribution in [1.82, 2.24) is 4.57 Å². The minimum atomic E-state index is 0.715. The van der Waals surface area contributed by atoms with Crippen LogP contribution in [0.2, 0.25) is 0 Å².